The molecule has 2 N–H and O–H groups in total. The fourth-order valence-electron chi connectivity index (χ4n) is 5.44. The molecule has 0 aromatic carbocycles. The van der Waals surface area contributed by atoms with Crippen molar-refractivity contribution in [3.05, 3.63) is 0 Å². The second-order valence-electron chi connectivity index (χ2n) is 9.95. The maximum Gasteiger partial charge on any atom is 0.236 e. The van der Waals surface area contributed by atoms with Crippen molar-refractivity contribution in [3.8, 4) is 0 Å². The van der Waals surface area contributed by atoms with Gasteiger partial charge in [0.25, 0.3) is 0 Å². The fraction of sp³-hybridized carbons (Fsp3) is 0.957. The molecule has 3 rings (SSSR count). The number of nitrogens with one attached hydrogen (secondary N) is 1. The van der Waals surface area contributed by atoms with Crippen LogP contribution < -0.4 is 5.32 Å². The highest BCUT2D eigenvalue weighted by Gasteiger charge is 2.50. The van der Waals surface area contributed by atoms with Gasteiger partial charge in [-0.2, -0.15) is 0 Å². The average molecular weight is 458 g/mol. The van der Waals surface area contributed by atoms with Gasteiger partial charge >= 0.3 is 0 Å². The molecule has 0 saturated carbocycles. The predicted octanol–water partition coefficient (Wildman–Crippen LogP) is 1.98. The highest BCUT2D eigenvalue weighted by molar-refractivity contribution is 5.78. The Hall–Kier alpha value is -0.810. The lowest BCUT2D eigenvalue weighted by atomic mass is 9.71. The molecule has 3 heterocycles. The summed E-state index contributed by atoms with van der Waals surface area (Å²) in [5.41, 5.74) is 0. The number of hydrogen-bond donors (Lipinski definition) is 2. The molecule has 7 unspecified atom stereocenters. The first-order valence-electron chi connectivity index (χ1n) is 12.2. The maximum atomic E-state index is 12.8. The second kappa shape index (κ2) is 11.6. The number of piperazine rings is 1. The summed E-state index contributed by atoms with van der Waals surface area (Å²) in [6.07, 6.45) is 1.57. The molecule has 0 bridgehead atoms. The summed E-state index contributed by atoms with van der Waals surface area (Å²) in [5.74, 6) is -0.0533. The van der Waals surface area contributed by atoms with Crippen LogP contribution in [-0.2, 0) is 23.9 Å². The Morgan fingerprint density at radius 2 is 1.88 bits per heavy atom. The van der Waals surface area contributed by atoms with Crippen molar-refractivity contribution < 1.29 is 29.1 Å². The van der Waals surface area contributed by atoms with Crippen LogP contribution >= 0.6 is 0 Å². The zero-order chi connectivity index (χ0) is 23.3. The van der Waals surface area contributed by atoms with E-state index in [-0.39, 0.29) is 17.7 Å². The third-order valence-corrected chi connectivity index (χ3v) is 7.85. The molecule has 0 aliphatic carbocycles. The van der Waals surface area contributed by atoms with E-state index in [1.165, 1.54) is 0 Å². The molecule has 3 saturated heterocycles. The first-order chi connectivity index (χ1) is 15.3. The second-order valence-corrected chi connectivity index (χ2v) is 9.95. The molecule has 1 amide bonds. The smallest absolute Gasteiger partial charge is 0.236 e. The number of carbonyl (C=O) groups excluding carboxylic acids is 1. The van der Waals surface area contributed by atoms with Crippen LogP contribution in [0.5, 0.6) is 0 Å². The molecule has 0 radical (unpaired) electrons. The number of nitrogens with zero attached hydrogens (tertiary/aromatic N) is 2. The number of ether oxygens (including phenoxy) is 3. The Morgan fingerprint density at radius 1 is 1.19 bits per heavy atom. The van der Waals surface area contributed by atoms with Crippen LogP contribution in [0.2, 0.25) is 0 Å². The minimum atomic E-state index is -1.09. The van der Waals surface area contributed by atoms with Gasteiger partial charge in [-0.25, -0.2) is 10.1 Å². The van der Waals surface area contributed by atoms with E-state index in [2.05, 4.69) is 35.9 Å². The van der Waals surface area contributed by atoms with E-state index in [0.717, 1.165) is 52.2 Å². The molecule has 3 fully saturated rings. The van der Waals surface area contributed by atoms with Crippen LogP contribution in [0.1, 0.15) is 47.0 Å². The van der Waals surface area contributed by atoms with Crippen LogP contribution in [0, 0.1) is 23.7 Å². The highest BCUT2D eigenvalue weighted by Crippen LogP contribution is 2.46. The molecular weight excluding hydrogens is 414 g/mol. The van der Waals surface area contributed by atoms with Crippen LogP contribution in [0.25, 0.3) is 0 Å². The third kappa shape index (κ3) is 6.20. The van der Waals surface area contributed by atoms with Gasteiger partial charge in [0.2, 0.25) is 11.7 Å². The summed E-state index contributed by atoms with van der Waals surface area (Å²) in [5, 5.41) is 12.5. The van der Waals surface area contributed by atoms with Gasteiger partial charge in [-0.15, -0.1) is 0 Å². The van der Waals surface area contributed by atoms with Crippen molar-refractivity contribution in [2.24, 2.45) is 23.7 Å². The molecule has 9 heteroatoms. The van der Waals surface area contributed by atoms with Gasteiger partial charge in [-0.3, -0.25) is 14.6 Å². The van der Waals surface area contributed by atoms with Gasteiger partial charge in [0.1, 0.15) is 6.23 Å². The number of carbonyl (C=O) groups is 1. The monoisotopic (exact) mass is 457 g/mol. The molecule has 0 aromatic heterocycles. The largest absolute Gasteiger partial charge is 0.383 e. The number of methoxy groups -OCH3 is 1. The molecule has 186 valence electrons. The standard InChI is InChI=1S/C23H43N3O6/c1-6-18-7-8-23(4,32-28)31-22-20(18)16(2)17(3)21(30-22)24-19(27)15-26-11-9-25(10-12-26)13-14-29-5/h16-18,20-22,28H,6-15H2,1-5H3,(H,24,27). The van der Waals surface area contributed by atoms with Crippen molar-refractivity contribution in [3.63, 3.8) is 0 Å². The van der Waals surface area contributed by atoms with E-state index in [9.17, 15) is 10.1 Å². The van der Waals surface area contributed by atoms with Crippen molar-refractivity contribution in [1.29, 1.82) is 0 Å². The van der Waals surface area contributed by atoms with E-state index in [1.54, 1.807) is 14.0 Å². The summed E-state index contributed by atoms with van der Waals surface area (Å²) in [4.78, 5) is 22.1. The van der Waals surface area contributed by atoms with E-state index in [4.69, 9.17) is 19.1 Å². The van der Waals surface area contributed by atoms with Crippen LogP contribution in [0.3, 0.4) is 0 Å². The van der Waals surface area contributed by atoms with Crippen molar-refractivity contribution >= 4 is 5.91 Å². The van der Waals surface area contributed by atoms with E-state index >= 15 is 0 Å². The lowest BCUT2D eigenvalue weighted by Gasteiger charge is -2.47. The minimum Gasteiger partial charge on any atom is -0.383 e. The topological polar surface area (TPSA) is 92.7 Å². The summed E-state index contributed by atoms with van der Waals surface area (Å²) in [7, 11) is 1.72. The molecule has 0 aromatic rings. The Labute approximate surface area is 192 Å². The van der Waals surface area contributed by atoms with Gasteiger partial charge < -0.3 is 19.5 Å². The Kier molecular flexibility index (Phi) is 9.32. The Balaban J connectivity index is 1.57. The SMILES string of the molecule is CCC1CCC(C)(OO)OC2OC(NC(=O)CN3CCN(CCOC)CC3)C(C)C(C)C12. The lowest BCUT2D eigenvalue weighted by molar-refractivity contribution is -0.434. The molecule has 9 nitrogen and oxygen atoms in total. The Morgan fingerprint density at radius 3 is 2.50 bits per heavy atom. The highest BCUT2D eigenvalue weighted by atomic mass is 17.1. The van der Waals surface area contributed by atoms with Gasteiger partial charge in [0.15, 0.2) is 6.29 Å². The van der Waals surface area contributed by atoms with Crippen LogP contribution in [-0.4, -0.2) is 92.3 Å². The zero-order valence-corrected chi connectivity index (χ0v) is 20.4. The van der Waals surface area contributed by atoms with E-state index in [1.807, 2.05) is 0 Å². The van der Waals surface area contributed by atoms with Crippen molar-refractivity contribution in [1.82, 2.24) is 15.1 Å². The number of hydrogen-bond acceptors (Lipinski definition) is 8. The number of rotatable bonds is 8. The molecule has 3 aliphatic rings. The summed E-state index contributed by atoms with van der Waals surface area (Å²) >= 11 is 0. The van der Waals surface area contributed by atoms with Gasteiger partial charge in [0.05, 0.1) is 13.2 Å². The molecular formula is C23H43N3O6. The van der Waals surface area contributed by atoms with Crippen LogP contribution in [0.15, 0.2) is 0 Å². The quantitative estimate of drug-likeness (QED) is 0.422. The maximum absolute atomic E-state index is 12.8. The molecule has 3 aliphatic heterocycles. The summed E-state index contributed by atoms with van der Waals surface area (Å²) in [6, 6.07) is 0. The molecule has 7 atom stereocenters. The Bertz CT molecular complexity index is 602. The van der Waals surface area contributed by atoms with Crippen LogP contribution in [0.4, 0.5) is 0 Å². The first-order valence-corrected chi connectivity index (χ1v) is 12.2. The van der Waals surface area contributed by atoms with Gasteiger partial charge in [-0.05, 0) is 25.2 Å². The molecule has 0 spiro atoms. The average Bonchev–Trinajstić information content (AvgIpc) is 2.93. The number of amides is 1. The lowest BCUT2D eigenvalue weighted by Crippen LogP contribution is -2.57. The predicted molar refractivity (Wildman–Crippen MR) is 120 cm³/mol. The number of fused-ring (bicyclic) bond motifs is 1. The zero-order valence-electron chi connectivity index (χ0n) is 20.4. The third-order valence-electron chi connectivity index (χ3n) is 7.85. The minimum absolute atomic E-state index is 0.0281. The normalized spacial score (nSPS) is 39.3. The van der Waals surface area contributed by atoms with Crippen molar-refractivity contribution in [2.45, 2.75) is 65.3 Å². The van der Waals surface area contributed by atoms with E-state index in [0.29, 0.717) is 24.8 Å². The fourth-order valence-corrected chi connectivity index (χ4v) is 5.44. The van der Waals surface area contributed by atoms with Gasteiger partial charge in [-0.1, -0.05) is 27.2 Å². The van der Waals surface area contributed by atoms with Gasteiger partial charge in [0, 0.05) is 58.1 Å². The van der Waals surface area contributed by atoms with Crippen molar-refractivity contribution in [2.75, 3.05) is 53.0 Å². The first kappa shape index (κ1) is 25.8. The summed E-state index contributed by atoms with van der Waals surface area (Å²) < 4.78 is 17.6. The summed E-state index contributed by atoms with van der Waals surface area (Å²) in [6.45, 7) is 13.9. The molecule has 32 heavy (non-hydrogen) atoms. The van der Waals surface area contributed by atoms with E-state index < -0.39 is 18.3 Å².